The minimum absolute atomic E-state index is 0.0180. The van der Waals surface area contributed by atoms with E-state index in [1.807, 2.05) is 12.1 Å². The molecular formula is C21H21N3O5. The fourth-order valence-corrected chi connectivity index (χ4v) is 2.83. The minimum atomic E-state index is -1.12. The fraction of sp³-hybridized carbons (Fsp3) is 0.190. The number of phenols is 1. The van der Waals surface area contributed by atoms with Gasteiger partial charge in [-0.3, -0.25) is 0 Å². The predicted octanol–water partition coefficient (Wildman–Crippen LogP) is 2.70. The Hall–Kier alpha value is -3.65. The third kappa shape index (κ3) is 4.99. The summed E-state index contributed by atoms with van der Waals surface area (Å²) in [5.41, 5.74) is 2.47. The van der Waals surface area contributed by atoms with Crippen LogP contribution >= 0.6 is 0 Å². The van der Waals surface area contributed by atoms with Gasteiger partial charge in [-0.25, -0.2) is 4.79 Å². The Balaban J connectivity index is 1.82. The number of aromatic carboxylic acids is 1. The number of anilines is 1. The number of hydrogen-bond donors (Lipinski definition) is 4. The number of phenolic OH excluding ortho intramolecular Hbond substituents is 1. The van der Waals surface area contributed by atoms with Crippen LogP contribution in [0.15, 0.2) is 48.5 Å². The van der Waals surface area contributed by atoms with Gasteiger partial charge in [0, 0.05) is 18.2 Å². The van der Waals surface area contributed by atoms with Gasteiger partial charge in [-0.15, -0.1) is 0 Å². The number of hydrogen-bond acceptors (Lipinski definition) is 7. The molecule has 3 rings (SSSR count). The molecule has 0 fully saturated rings. The lowest BCUT2D eigenvalue weighted by atomic mass is 10.0. The van der Waals surface area contributed by atoms with Crippen molar-refractivity contribution in [3.05, 3.63) is 65.2 Å². The predicted molar refractivity (Wildman–Crippen MR) is 107 cm³/mol. The number of aromatic nitrogens is 2. The van der Waals surface area contributed by atoms with E-state index in [4.69, 9.17) is 4.74 Å². The molecule has 29 heavy (non-hydrogen) atoms. The van der Waals surface area contributed by atoms with Crippen molar-refractivity contribution >= 4 is 11.8 Å². The summed E-state index contributed by atoms with van der Waals surface area (Å²) in [7, 11) is 1.46. The number of aliphatic hydroxyl groups is 1. The second kappa shape index (κ2) is 9.03. The van der Waals surface area contributed by atoms with Gasteiger partial charge in [-0.1, -0.05) is 24.3 Å². The van der Waals surface area contributed by atoms with Crippen molar-refractivity contribution in [2.75, 3.05) is 19.0 Å². The van der Waals surface area contributed by atoms with Crippen LogP contribution in [0.1, 0.15) is 21.5 Å². The Morgan fingerprint density at radius 3 is 2.52 bits per heavy atom. The number of rotatable bonds is 8. The Labute approximate surface area is 167 Å². The summed E-state index contributed by atoms with van der Waals surface area (Å²) in [6, 6.07) is 13.5. The molecule has 0 aliphatic heterocycles. The number of carboxylic acids is 1. The summed E-state index contributed by atoms with van der Waals surface area (Å²) < 4.78 is 5.17. The van der Waals surface area contributed by atoms with Crippen LogP contribution in [0.4, 0.5) is 5.82 Å². The third-order valence-electron chi connectivity index (χ3n) is 4.35. The Morgan fingerprint density at radius 1 is 1.10 bits per heavy atom. The van der Waals surface area contributed by atoms with Gasteiger partial charge in [0.05, 0.1) is 25.0 Å². The zero-order valence-corrected chi connectivity index (χ0v) is 15.8. The number of methoxy groups -OCH3 is 1. The van der Waals surface area contributed by atoms with E-state index >= 15 is 0 Å². The molecule has 0 aliphatic rings. The van der Waals surface area contributed by atoms with Crippen LogP contribution in [0, 0.1) is 0 Å². The Morgan fingerprint density at radius 2 is 1.86 bits per heavy atom. The number of carbonyl (C=O) groups is 1. The zero-order chi connectivity index (χ0) is 20.8. The Bertz CT molecular complexity index is 1010. The first kappa shape index (κ1) is 20.1. The molecule has 0 aliphatic carbocycles. The summed E-state index contributed by atoms with van der Waals surface area (Å²) in [6.45, 7) is 0.229. The van der Waals surface area contributed by atoms with Crippen molar-refractivity contribution in [1.29, 1.82) is 0 Å². The lowest BCUT2D eigenvalue weighted by molar-refractivity contribution is 0.0693. The highest BCUT2D eigenvalue weighted by Crippen LogP contribution is 2.25. The van der Waals surface area contributed by atoms with E-state index in [0.717, 1.165) is 12.0 Å². The molecule has 0 bridgehead atoms. The van der Waals surface area contributed by atoms with Crippen LogP contribution in [0.3, 0.4) is 0 Å². The maximum absolute atomic E-state index is 11.5. The van der Waals surface area contributed by atoms with Crippen molar-refractivity contribution in [3.63, 3.8) is 0 Å². The van der Waals surface area contributed by atoms with Gasteiger partial charge in [0.2, 0.25) is 0 Å². The number of aromatic hydroxyl groups is 1. The summed E-state index contributed by atoms with van der Waals surface area (Å²) in [5.74, 6) is -0.363. The molecule has 0 unspecified atom stereocenters. The largest absolute Gasteiger partial charge is 0.508 e. The fourth-order valence-electron chi connectivity index (χ4n) is 2.83. The first-order valence-electron chi connectivity index (χ1n) is 8.92. The van der Waals surface area contributed by atoms with Crippen LogP contribution in [0.25, 0.3) is 11.3 Å². The highest BCUT2D eigenvalue weighted by molar-refractivity contribution is 5.91. The molecule has 8 nitrogen and oxygen atoms in total. The van der Waals surface area contributed by atoms with Crippen LogP contribution in [0.5, 0.6) is 11.8 Å². The van der Waals surface area contributed by atoms with E-state index in [1.54, 1.807) is 30.3 Å². The summed E-state index contributed by atoms with van der Waals surface area (Å²) in [6.07, 6.45) is 0.719. The SMILES string of the molecule is COc1nc(NCCc2ccc(O)cc2)cc(-c2ccc(CO)c(C(=O)O)c2)n1. The summed E-state index contributed by atoms with van der Waals surface area (Å²) >= 11 is 0. The van der Waals surface area contributed by atoms with E-state index in [2.05, 4.69) is 15.3 Å². The highest BCUT2D eigenvalue weighted by Gasteiger charge is 2.13. The monoisotopic (exact) mass is 395 g/mol. The summed E-state index contributed by atoms with van der Waals surface area (Å²) in [5, 5.41) is 31.2. The molecule has 0 atom stereocenters. The molecule has 8 heteroatoms. The lowest BCUT2D eigenvalue weighted by Gasteiger charge is -2.11. The molecule has 0 saturated carbocycles. The van der Waals surface area contributed by atoms with E-state index < -0.39 is 5.97 Å². The van der Waals surface area contributed by atoms with Gasteiger partial charge in [0.15, 0.2) is 0 Å². The smallest absolute Gasteiger partial charge is 0.336 e. The molecule has 0 radical (unpaired) electrons. The van der Waals surface area contributed by atoms with Crippen molar-refractivity contribution in [2.45, 2.75) is 13.0 Å². The summed E-state index contributed by atoms with van der Waals surface area (Å²) in [4.78, 5) is 20.0. The number of carboxylic acid groups (broad SMARTS) is 1. The standard InChI is InChI=1S/C21H21N3O5/c1-29-21-23-18(14-4-5-15(12-25)17(10-14)20(27)28)11-19(24-21)22-9-8-13-2-6-16(26)7-3-13/h2-7,10-11,25-26H,8-9,12H2,1H3,(H,27,28)(H,22,23,24). The van der Waals surface area contributed by atoms with E-state index in [0.29, 0.717) is 29.2 Å². The minimum Gasteiger partial charge on any atom is -0.508 e. The van der Waals surface area contributed by atoms with Gasteiger partial charge in [0.25, 0.3) is 0 Å². The topological polar surface area (TPSA) is 125 Å². The number of nitrogens with zero attached hydrogens (tertiary/aromatic N) is 2. The Kier molecular flexibility index (Phi) is 6.25. The van der Waals surface area contributed by atoms with E-state index in [9.17, 15) is 20.1 Å². The zero-order valence-electron chi connectivity index (χ0n) is 15.8. The normalized spacial score (nSPS) is 10.6. The molecule has 150 valence electrons. The van der Waals surface area contributed by atoms with Crippen molar-refractivity contribution < 1.29 is 24.9 Å². The number of aliphatic hydroxyl groups excluding tert-OH is 1. The highest BCUT2D eigenvalue weighted by atomic mass is 16.5. The van der Waals surface area contributed by atoms with Crippen LogP contribution in [-0.2, 0) is 13.0 Å². The molecule has 0 amide bonds. The molecule has 0 saturated heterocycles. The number of ether oxygens (including phenoxy) is 1. The first-order valence-corrected chi connectivity index (χ1v) is 8.92. The molecular weight excluding hydrogens is 374 g/mol. The number of nitrogens with one attached hydrogen (secondary N) is 1. The van der Waals surface area contributed by atoms with Crippen LogP contribution in [-0.4, -0.2) is 44.9 Å². The van der Waals surface area contributed by atoms with Crippen LogP contribution < -0.4 is 10.1 Å². The van der Waals surface area contributed by atoms with Gasteiger partial charge < -0.3 is 25.4 Å². The van der Waals surface area contributed by atoms with Gasteiger partial charge in [-0.05, 0) is 35.7 Å². The van der Waals surface area contributed by atoms with Gasteiger partial charge in [0.1, 0.15) is 11.6 Å². The lowest BCUT2D eigenvalue weighted by Crippen LogP contribution is -2.08. The van der Waals surface area contributed by atoms with Crippen molar-refractivity contribution in [2.24, 2.45) is 0 Å². The van der Waals surface area contributed by atoms with Gasteiger partial charge in [-0.2, -0.15) is 9.97 Å². The third-order valence-corrected chi connectivity index (χ3v) is 4.35. The molecule has 0 spiro atoms. The van der Waals surface area contributed by atoms with E-state index in [1.165, 1.54) is 13.2 Å². The maximum atomic E-state index is 11.5. The van der Waals surface area contributed by atoms with Crippen LogP contribution in [0.2, 0.25) is 0 Å². The second-order valence-electron chi connectivity index (χ2n) is 6.30. The molecule has 3 aromatic rings. The van der Waals surface area contributed by atoms with Gasteiger partial charge >= 0.3 is 12.0 Å². The molecule has 1 aromatic heterocycles. The second-order valence-corrected chi connectivity index (χ2v) is 6.30. The average Bonchev–Trinajstić information content (AvgIpc) is 2.74. The van der Waals surface area contributed by atoms with Crippen molar-refractivity contribution in [1.82, 2.24) is 9.97 Å². The molecule has 2 aromatic carbocycles. The first-order chi connectivity index (χ1) is 14.0. The quantitative estimate of drug-likeness (QED) is 0.459. The maximum Gasteiger partial charge on any atom is 0.336 e. The van der Waals surface area contributed by atoms with Crippen molar-refractivity contribution in [3.8, 4) is 23.0 Å². The average molecular weight is 395 g/mol. The molecule has 1 heterocycles. The molecule has 4 N–H and O–H groups in total. The number of benzene rings is 2. The van der Waals surface area contributed by atoms with E-state index in [-0.39, 0.29) is 23.9 Å².